The van der Waals surface area contributed by atoms with Crippen LogP contribution in [0.5, 0.6) is 0 Å². The number of aldehydes is 1. The zero-order valence-corrected chi connectivity index (χ0v) is 8.79. The van der Waals surface area contributed by atoms with Crippen LogP contribution in [-0.4, -0.2) is 22.0 Å². The number of nitrogens with zero attached hydrogens (tertiary/aromatic N) is 2. The van der Waals surface area contributed by atoms with E-state index in [1.165, 1.54) is 10.9 Å². The van der Waals surface area contributed by atoms with Gasteiger partial charge in [0.25, 0.3) is 0 Å². The minimum Gasteiger partial charge on any atom is -0.463 e. The molecule has 0 aliphatic carbocycles. The summed E-state index contributed by atoms with van der Waals surface area (Å²) in [5, 5.41) is 4.03. The van der Waals surface area contributed by atoms with Crippen molar-refractivity contribution in [1.82, 2.24) is 9.78 Å². The summed E-state index contributed by atoms with van der Waals surface area (Å²) in [7, 11) is 0. The predicted octanol–water partition coefficient (Wildman–Crippen LogP) is 0.0231. The molecule has 0 aliphatic heterocycles. The van der Waals surface area contributed by atoms with Gasteiger partial charge in [-0.3, -0.25) is 9.59 Å². The maximum atomic E-state index is 11.0. The van der Waals surface area contributed by atoms with Crippen molar-refractivity contribution in [2.75, 3.05) is 5.73 Å². The van der Waals surface area contributed by atoms with Gasteiger partial charge in [0.05, 0.1) is 11.8 Å². The third-order valence-corrected chi connectivity index (χ3v) is 2.21. The molecule has 0 fully saturated rings. The first-order valence-electron chi connectivity index (χ1n) is 4.77. The van der Waals surface area contributed by atoms with Crippen LogP contribution >= 0.6 is 0 Å². The molecule has 0 saturated heterocycles. The van der Waals surface area contributed by atoms with Crippen molar-refractivity contribution in [2.24, 2.45) is 5.73 Å². The number of furan rings is 1. The Kier molecular flexibility index (Phi) is 2.65. The summed E-state index contributed by atoms with van der Waals surface area (Å²) < 4.78 is 6.30. The van der Waals surface area contributed by atoms with Crippen LogP contribution in [0.1, 0.15) is 10.4 Å². The molecule has 0 bridgehead atoms. The minimum absolute atomic E-state index is 0.0881. The first kappa shape index (κ1) is 10.9. The van der Waals surface area contributed by atoms with Crippen LogP contribution in [0.25, 0.3) is 11.5 Å². The molecule has 17 heavy (non-hydrogen) atoms. The van der Waals surface area contributed by atoms with Gasteiger partial charge in [-0.25, -0.2) is 4.68 Å². The number of nitrogens with two attached hydrogens (primary N) is 2. The lowest BCUT2D eigenvalue weighted by Crippen LogP contribution is -2.20. The van der Waals surface area contributed by atoms with E-state index in [1.807, 2.05) is 0 Å². The number of primary amides is 1. The fraction of sp³-hybridized carbons (Fsp3) is 0.100. The molecule has 0 unspecified atom stereocenters. The number of carbonyl (C=O) groups excluding carboxylic acids is 2. The number of aromatic nitrogens is 2. The SMILES string of the molecule is NC(=O)Cn1nc(-c2ccco2)c(C=O)c1N. The molecule has 7 nitrogen and oxygen atoms in total. The second-order valence-electron chi connectivity index (χ2n) is 3.37. The summed E-state index contributed by atoms with van der Waals surface area (Å²) in [5.41, 5.74) is 11.2. The monoisotopic (exact) mass is 234 g/mol. The molecule has 0 aliphatic rings. The maximum Gasteiger partial charge on any atom is 0.239 e. The number of rotatable bonds is 4. The summed E-state index contributed by atoms with van der Waals surface area (Å²) >= 11 is 0. The summed E-state index contributed by atoms with van der Waals surface area (Å²) in [6.45, 7) is -0.187. The first-order chi connectivity index (χ1) is 8.13. The van der Waals surface area contributed by atoms with Gasteiger partial charge in [0.1, 0.15) is 18.1 Å². The Hall–Kier alpha value is -2.57. The van der Waals surface area contributed by atoms with E-state index in [4.69, 9.17) is 15.9 Å². The molecule has 4 N–H and O–H groups in total. The van der Waals surface area contributed by atoms with Gasteiger partial charge in [0.2, 0.25) is 5.91 Å². The van der Waals surface area contributed by atoms with Crippen LogP contribution in [0.15, 0.2) is 22.8 Å². The fourth-order valence-corrected chi connectivity index (χ4v) is 1.47. The Morgan fingerprint density at radius 1 is 1.59 bits per heavy atom. The zero-order chi connectivity index (χ0) is 12.4. The molecular weight excluding hydrogens is 224 g/mol. The van der Waals surface area contributed by atoms with Crippen molar-refractivity contribution in [1.29, 1.82) is 0 Å². The molecule has 7 heteroatoms. The maximum absolute atomic E-state index is 11.0. The highest BCUT2D eigenvalue weighted by Gasteiger charge is 2.19. The predicted molar refractivity (Wildman–Crippen MR) is 58.9 cm³/mol. The van der Waals surface area contributed by atoms with Crippen LogP contribution in [0.3, 0.4) is 0 Å². The van der Waals surface area contributed by atoms with Gasteiger partial charge in [0.15, 0.2) is 12.0 Å². The van der Waals surface area contributed by atoms with Crippen molar-refractivity contribution in [3.8, 4) is 11.5 Å². The lowest BCUT2D eigenvalue weighted by atomic mass is 10.2. The van der Waals surface area contributed by atoms with Gasteiger partial charge in [-0.1, -0.05) is 0 Å². The molecule has 1 amide bonds. The molecule has 88 valence electrons. The Balaban J connectivity index is 2.53. The Morgan fingerprint density at radius 3 is 2.88 bits per heavy atom. The summed E-state index contributed by atoms with van der Waals surface area (Å²) in [6, 6.07) is 3.30. The normalized spacial score (nSPS) is 10.4. The van der Waals surface area contributed by atoms with Crippen molar-refractivity contribution in [2.45, 2.75) is 6.54 Å². The Bertz CT molecular complexity index is 556. The highest BCUT2D eigenvalue weighted by molar-refractivity contribution is 5.91. The van der Waals surface area contributed by atoms with E-state index in [-0.39, 0.29) is 17.9 Å². The molecule has 0 saturated carbocycles. The summed E-state index contributed by atoms with van der Waals surface area (Å²) in [6.07, 6.45) is 2.02. The van der Waals surface area contributed by atoms with Crippen LogP contribution < -0.4 is 11.5 Å². The standard InChI is InChI=1S/C10H10N4O3/c11-8(16)4-14-10(12)6(5-15)9(13-14)7-2-1-3-17-7/h1-3,5H,4,12H2,(H2,11,16). The average Bonchev–Trinajstić information content (AvgIpc) is 2.87. The molecule has 2 aromatic rings. The van der Waals surface area contributed by atoms with E-state index in [1.54, 1.807) is 12.1 Å². The summed E-state index contributed by atoms with van der Waals surface area (Å²) in [4.78, 5) is 21.8. The first-order valence-corrected chi connectivity index (χ1v) is 4.77. The molecule has 2 aromatic heterocycles. The van der Waals surface area contributed by atoms with E-state index in [2.05, 4.69) is 5.10 Å². The molecule has 0 atom stereocenters. The van der Waals surface area contributed by atoms with Crippen molar-refractivity contribution in [3.05, 3.63) is 24.0 Å². The Morgan fingerprint density at radius 2 is 2.35 bits per heavy atom. The average molecular weight is 234 g/mol. The number of hydrogen-bond donors (Lipinski definition) is 2. The number of nitrogen functional groups attached to an aromatic ring is 1. The van der Waals surface area contributed by atoms with Gasteiger partial charge in [-0.05, 0) is 12.1 Å². The molecule has 0 radical (unpaired) electrons. The van der Waals surface area contributed by atoms with Gasteiger partial charge in [-0.15, -0.1) is 0 Å². The van der Waals surface area contributed by atoms with E-state index in [9.17, 15) is 9.59 Å². The number of hydrogen-bond acceptors (Lipinski definition) is 5. The highest BCUT2D eigenvalue weighted by Crippen LogP contribution is 2.25. The van der Waals surface area contributed by atoms with E-state index in [0.29, 0.717) is 17.7 Å². The molecule has 2 heterocycles. The lowest BCUT2D eigenvalue weighted by molar-refractivity contribution is -0.118. The largest absolute Gasteiger partial charge is 0.463 e. The van der Waals surface area contributed by atoms with Gasteiger partial charge in [0, 0.05) is 0 Å². The van der Waals surface area contributed by atoms with Crippen molar-refractivity contribution in [3.63, 3.8) is 0 Å². The Labute approximate surface area is 96.0 Å². The zero-order valence-electron chi connectivity index (χ0n) is 8.79. The van der Waals surface area contributed by atoms with E-state index < -0.39 is 5.91 Å². The van der Waals surface area contributed by atoms with Gasteiger partial charge < -0.3 is 15.9 Å². The molecule has 0 spiro atoms. The smallest absolute Gasteiger partial charge is 0.239 e. The molecule has 2 rings (SSSR count). The van der Waals surface area contributed by atoms with E-state index in [0.717, 1.165) is 0 Å². The van der Waals surface area contributed by atoms with Gasteiger partial charge in [-0.2, -0.15) is 5.10 Å². The topological polar surface area (TPSA) is 117 Å². The second kappa shape index (κ2) is 4.12. The van der Waals surface area contributed by atoms with Crippen LogP contribution in [-0.2, 0) is 11.3 Å². The third kappa shape index (κ3) is 1.89. The molecular formula is C10H10N4O3. The quantitative estimate of drug-likeness (QED) is 0.723. The minimum atomic E-state index is -0.595. The van der Waals surface area contributed by atoms with Gasteiger partial charge >= 0.3 is 0 Å². The van der Waals surface area contributed by atoms with Crippen LogP contribution in [0.2, 0.25) is 0 Å². The van der Waals surface area contributed by atoms with Crippen LogP contribution in [0.4, 0.5) is 5.82 Å². The van der Waals surface area contributed by atoms with Crippen molar-refractivity contribution < 1.29 is 14.0 Å². The second-order valence-corrected chi connectivity index (χ2v) is 3.37. The number of anilines is 1. The lowest BCUT2D eigenvalue weighted by Gasteiger charge is -1.98. The fourth-order valence-electron chi connectivity index (χ4n) is 1.47. The summed E-state index contributed by atoms with van der Waals surface area (Å²) in [5.74, 6) is -0.102. The number of carbonyl (C=O) groups is 2. The van der Waals surface area contributed by atoms with Crippen LogP contribution in [0, 0.1) is 0 Å². The highest BCUT2D eigenvalue weighted by atomic mass is 16.3. The van der Waals surface area contributed by atoms with E-state index >= 15 is 0 Å². The third-order valence-electron chi connectivity index (χ3n) is 2.21. The molecule has 0 aromatic carbocycles. The number of amides is 1. The van der Waals surface area contributed by atoms with Crippen molar-refractivity contribution >= 4 is 18.0 Å².